The summed E-state index contributed by atoms with van der Waals surface area (Å²) >= 11 is 10.2. The summed E-state index contributed by atoms with van der Waals surface area (Å²) < 4.78 is 46.4. The van der Waals surface area contributed by atoms with Crippen molar-refractivity contribution in [3.8, 4) is 16.9 Å². The van der Waals surface area contributed by atoms with Crippen LogP contribution in [0.3, 0.4) is 0 Å². The van der Waals surface area contributed by atoms with Crippen molar-refractivity contribution in [1.82, 2.24) is 19.9 Å². The third-order valence-electron chi connectivity index (χ3n) is 4.24. The largest absolute Gasteiger partial charge is 0.494 e. The lowest BCUT2D eigenvalue weighted by atomic mass is 9.98. The molecular formula is C19H10BrClF3N5O2S. The first kappa shape index (κ1) is 22.4. The Bertz CT molecular complexity index is 1350. The number of thiazole rings is 1. The van der Waals surface area contributed by atoms with Gasteiger partial charge in [0.1, 0.15) is 21.9 Å². The molecule has 0 aliphatic heterocycles. The number of amides is 1. The normalized spacial score (nSPS) is 11.2. The summed E-state index contributed by atoms with van der Waals surface area (Å²) in [4.78, 5) is 29.6. The fourth-order valence-corrected chi connectivity index (χ4v) is 4.18. The topological polar surface area (TPSA) is 89.9 Å². The molecule has 0 saturated carbocycles. The molecule has 0 unspecified atom stereocenters. The lowest BCUT2D eigenvalue weighted by molar-refractivity contribution is 0.102. The third kappa shape index (κ3) is 4.38. The number of carbonyl (C=O) groups is 1. The van der Waals surface area contributed by atoms with Crippen LogP contribution < -0.4 is 10.1 Å². The molecule has 0 aliphatic carbocycles. The molecule has 7 nitrogen and oxygen atoms in total. The highest BCUT2D eigenvalue weighted by molar-refractivity contribution is 9.10. The second-order valence-corrected chi connectivity index (χ2v) is 8.41. The zero-order valence-electron chi connectivity index (χ0n) is 15.9. The summed E-state index contributed by atoms with van der Waals surface area (Å²) in [6, 6.07) is 3.14. The van der Waals surface area contributed by atoms with E-state index in [-0.39, 0.29) is 32.6 Å². The van der Waals surface area contributed by atoms with Crippen molar-refractivity contribution >= 4 is 60.4 Å². The second kappa shape index (κ2) is 8.96. The molecule has 4 rings (SSSR count). The van der Waals surface area contributed by atoms with Gasteiger partial charge in [-0.3, -0.25) is 15.1 Å². The predicted octanol–water partition coefficient (Wildman–Crippen LogP) is 5.90. The molecule has 164 valence electrons. The minimum absolute atomic E-state index is 0.0788. The van der Waals surface area contributed by atoms with Crippen molar-refractivity contribution in [1.29, 1.82) is 0 Å². The quantitative estimate of drug-likeness (QED) is 0.336. The summed E-state index contributed by atoms with van der Waals surface area (Å²) in [6.07, 6.45) is -0.315. The van der Waals surface area contributed by atoms with E-state index in [9.17, 15) is 18.0 Å². The molecule has 3 heterocycles. The second-order valence-electron chi connectivity index (χ2n) is 6.22. The van der Waals surface area contributed by atoms with E-state index in [1.165, 1.54) is 13.3 Å². The first-order valence-electron chi connectivity index (χ1n) is 8.68. The van der Waals surface area contributed by atoms with Gasteiger partial charge < -0.3 is 4.74 Å². The lowest BCUT2D eigenvalue weighted by Crippen LogP contribution is -2.14. The zero-order chi connectivity index (χ0) is 23.0. The van der Waals surface area contributed by atoms with E-state index in [1.54, 1.807) is 0 Å². The van der Waals surface area contributed by atoms with Crippen LogP contribution in [0.4, 0.5) is 18.3 Å². The van der Waals surface area contributed by atoms with Gasteiger partial charge in [-0.1, -0.05) is 22.9 Å². The molecule has 0 saturated heterocycles. The summed E-state index contributed by atoms with van der Waals surface area (Å²) in [5.41, 5.74) is -0.218. The Hall–Kier alpha value is -2.83. The number of carbonyl (C=O) groups excluding carboxylic acids is 1. The van der Waals surface area contributed by atoms with Gasteiger partial charge in [0.25, 0.3) is 12.3 Å². The number of nitrogens with one attached hydrogen (secondary N) is 1. The van der Waals surface area contributed by atoms with Gasteiger partial charge in [-0.25, -0.2) is 23.1 Å². The van der Waals surface area contributed by atoms with E-state index in [0.29, 0.717) is 15.1 Å². The number of hydrogen-bond acceptors (Lipinski definition) is 7. The number of rotatable bonds is 5. The Kier molecular flexibility index (Phi) is 6.26. The predicted molar refractivity (Wildman–Crippen MR) is 117 cm³/mol. The SMILES string of the molecule is COc1cnc(C(F)F)cc1-c1cc(Cl)c(F)cc1C(=O)Nc1nc2ncc(Br)nc2s1. The lowest BCUT2D eigenvalue weighted by Gasteiger charge is -2.14. The Morgan fingerprint density at radius 1 is 1.19 bits per heavy atom. The van der Waals surface area contributed by atoms with Crippen molar-refractivity contribution < 1.29 is 22.7 Å². The average Bonchev–Trinajstić information content (AvgIpc) is 3.15. The minimum atomic E-state index is -2.87. The number of nitrogens with zero attached hydrogens (tertiary/aromatic N) is 4. The van der Waals surface area contributed by atoms with Crippen LogP contribution in [0, 0.1) is 5.82 Å². The van der Waals surface area contributed by atoms with Gasteiger partial charge in [0, 0.05) is 5.56 Å². The Balaban J connectivity index is 1.80. The number of ether oxygens (including phenoxy) is 1. The average molecular weight is 545 g/mol. The molecule has 0 aliphatic rings. The number of halogens is 5. The van der Waals surface area contributed by atoms with Gasteiger partial charge in [-0.15, -0.1) is 0 Å². The van der Waals surface area contributed by atoms with Gasteiger partial charge >= 0.3 is 0 Å². The van der Waals surface area contributed by atoms with Crippen LogP contribution >= 0.6 is 38.9 Å². The molecule has 0 fully saturated rings. The summed E-state index contributed by atoms with van der Waals surface area (Å²) in [6.45, 7) is 0. The molecule has 13 heteroatoms. The highest BCUT2D eigenvalue weighted by Gasteiger charge is 2.22. The number of methoxy groups -OCH3 is 1. The molecule has 0 spiro atoms. The standard InChI is InChI=1S/C19H10BrClF3N5O2S/c1-31-13-5-25-12(15(23)24)4-8(13)7-2-10(21)11(22)3-9(7)17(30)29-19-28-16-18(32-19)27-14(20)6-26-16/h2-6,15H,1H3,(H,26,28,29,30). The molecule has 1 amide bonds. The highest BCUT2D eigenvalue weighted by atomic mass is 79.9. The number of pyridine rings is 1. The number of anilines is 1. The van der Waals surface area contributed by atoms with Gasteiger partial charge in [-0.05, 0) is 39.7 Å². The maximum Gasteiger partial charge on any atom is 0.280 e. The molecule has 0 atom stereocenters. The van der Waals surface area contributed by atoms with Crippen LogP contribution in [0.5, 0.6) is 5.75 Å². The first-order valence-corrected chi connectivity index (χ1v) is 10.7. The number of alkyl halides is 2. The third-order valence-corrected chi connectivity index (χ3v) is 5.77. The van der Waals surface area contributed by atoms with E-state index >= 15 is 0 Å². The maximum atomic E-state index is 14.3. The summed E-state index contributed by atoms with van der Waals surface area (Å²) in [5, 5.41) is 2.42. The van der Waals surface area contributed by atoms with E-state index in [0.717, 1.165) is 35.7 Å². The van der Waals surface area contributed by atoms with Gasteiger partial charge in [0.15, 0.2) is 15.6 Å². The first-order chi connectivity index (χ1) is 15.3. The van der Waals surface area contributed by atoms with Crippen LogP contribution in [0.1, 0.15) is 22.5 Å². The molecule has 4 aromatic rings. The fourth-order valence-electron chi connectivity index (χ4n) is 2.83. The van der Waals surface area contributed by atoms with Gasteiger partial charge in [0.2, 0.25) is 0 Å². The Labute approximate surface area is 195 Å². The minimum Gasteiger partial charge on any atom is -0.494 e. The number of benzene rings is 1. The highest BCUT2D eigenvalue weighted by Crippen LogP contribution is 2.37. The van der Waals surface area contributed by atoms with Crippen LogP contribution in [0.15, 0.2) is 35.2 Å². The van der Waals surface area contributed by atoms with Crippen molar-refractivity contribution in [2.45, 2.75) is 6.43 Å². The molecule has 32 heavy (non-hydrogen) atoms. The molecular weight excluding hydrogens is 535 g/mol. The fraction of sp³-hybridized carbons (Fsp3) is 0.105. The monoisotopic (exact) mass is 543 g/mol. The Morgan fingerprint density at radius 3 is 2.69 bits per heavy atom. The van der Waals surface area contributed by atoms with Gasteiger partial charge in [0.05, 0.1) is 30.1 Å². The van der Waals surface area contributed by atoms with E-state index < -0.39 is 23.8 Å². The van der Waals surface area contributed by atoms with E-state index in [1.807, 2.05) is 0 Å². The number of hydrogen-bond donors (Lipinski definition) is 1. The molecule has 1 aromatic carbocycles. The van der Waals surface area contributed by atoms with Crippen molar-refractivity contribution in [3.63, 3.8) is 0 Å². The molecule has 0 bridgehead atoms. The number of fused-ring (bicyclic) bond motifs is 1. The Morgan fingerprint density at radius 2 is 1.97 bits per heavy atom. The van der Waals surface area contributed by atoms with Gasteiger partial charge in [-0.2, -0.15) is 4.98 Å². The van der Waals surface area contributed by atoms with Crippen LogP contribution in [0.2, 0.25) is 5.02 Å². The maximum absolute atomic E-state index is 14.3. The zero-order valence-corrected chi connectivity index (χ0v) is 19.0. The molecule has 0 radical (unpaired) electrons. The van der Waals surface area contributed by atoms with E-state index in [2.05, 4.69) is 41.2 Å². The summed E-state index contributed by atoms with van der Waals surface area (Å²) in [5.74, 6) is -1.50. The molecule has 3 aromatic heterocycles. The molecule has 1 N–H and O–H groups in total. The van der Waals surface area contributed by atoms with Crippen molar-refractivity contribution in [2.24, 2.45) is 0 Å². The van der Waals surface area contributed by atoms with Crippen LogP contribution in [-0.2, 0) is 0 Å². The summed E-state index contributed by atoms with van der Waals surface area (Å²) in [7, 11) is 1.31. The van der Waals surface area contributed by atoms with Crippen LogP contribution in [0.25, 0.3) is 21.6 Å². The smallest absolute Gasteiger partial charge is 0.280 e. The van der Waals surface area contributed by atoms with Crippen LogP contribution in [-0.4, -0.2) is 33.0 Å². The van der Waals surface area contributed by atoms with Crippen molar-refractivity contribution in [2.75, 3.05) is 12.4 Å². The number of aromatic nitrogens is 4. The van der Waals surface area contributed by atoms with Crippen molar-refractivity contribution in [3.05, 3.63) is 57.3 Å². The van der Waals surface area contributed by atoms with E-state index in [4.69, 9.17) is 16.3 Å².